The summed E-state index contributed by atoms with van der Waals surface area (Å²) in [5, 5.41) is 19.3. The molecule has 18 heavy (non-hydrogen) atoms. The van der Waals surface area contributed by atoms with E-state index in [1.165, 1.54) is 12.1 Å². The molecule has 0 aliphatic carbocycles. The molecule has 0 radical (unpaired) electrons. The average Bonchev–Trinajstić information content (AvgIpc) is 2.26. The van der Waals surface area contributed by atoms with Gasteiger partial charge in [0, 0.05) is 0 Å². The summed E-state index contributed by atoms with van der Waals surface area (Å²) >= 11 is 0. The molecule has 0 aliphatic rings. The van der Waals surface area contributed by atoms with Crippen LogP contribution in [-0.4, -0.2) is 22.4 Å². The lowest BCUT2D eigenvalue weighted by Gasteiger charge is -2.27. The lowest BCUT2D eigenvalue weighted by Crippen LogP contribution is -2.37. The van der Waals surface area contributed by atoms with Crippen LogP contribution >= 0.6 is 0 Å². The highest BCUT2D eigenvalue weighted by Gasteiger charge is 2.26. The van der Waals surface area contributed by atoms with E-state index in [0.29, 0.717) is 5.56 Å². The highest BCUT2D eigenvalue weighted by atomic mass is 19.1. The monoisotopic (exact) mass is 256 g/mol. The predicted molar refractivity (Wildman–Crippen MR) is 68.0 cm³/mol. The molecule has 2 atom stereocenters. The molecule has 2 N–H and O–H groups in total. The molecule has 0 saturated carbocycles. The molecule has 0 heterocycles. The van der Waals surface area contributed by atoms with E-state index >= 15 is 0 Å². The Labute approximate surface area is 107 Å². The first-order valence-electron chi connectivity index (χ1n) is 6.06. The number of benzene rings is 1. The quantitative estimate of drug-likeness (QED) is 0.851. The summed E-state index contributed by atoms with van der Waals surface area (Å²) in [5.41, 5.74) is -0.509. The average molecular weight is 256 g/mol. The first kappa shape index (κ1) is 14.9. The Hall–Kier alpha value is -1.13. The Kier molecular flexibility index (Phi) is 4.71. The van der Waals surface area contributed by atoms with Gasteiger partial charge in [-0.3, -0.25) is 0 Å². The standard InChI is InChI=1S/C14H21FO3/c1-9(2)14(4,17)8-18-13-6-5-11(10(3)16)7-12(13)15/h5-7,9-10,16-17H,8H2,1-4H3. The summed E-state index contributed by atoms with van der Waals surface area (Å²) in [7, 11) is 0. The van der Waals surface area contributed by atoms with Crippen molar-refractivity contribution in [3.63, 3.8) is 0 Å². The van der Waals surface area contributed by atoms with Gasteiger partial charge in [-0.05, 0) is 37.5 Å². The van der Waals surface area contributed by atoms with Crippen molar-refractivity contribution in [2.24, 2.45) is 5.92 Å². The van der Waals surface area contributed by atoms with E-state index in [4.69, 9.17) is 4.74 Å². The van der Waals surface area contributed by atoms with Crippen LogP contribution in [0, 0.1) is 11.7 Å². The molecule has 3 nitrogen and oxygen atoms in total. The molecule has 0 aromatic heterocycles. The molecule has 4 heteroatoms. The van der Waals surface area contributed by atoms with E-state index in [1.54, 1.807) is 19.9 Å². The van der Waals surface area contributed by atoms with Crippen molar-refractivity contribution in [3.8, 4) is 5.75 Å². The van der Waals surface area contributed by atoms with Gasteiger partial charge < -0.3 is 14.9 Å². The lowest BCUT2D eigenvalue weighted by molar-refractivity contribution is -0.0275. The fraction of sp³-hybridized carbons (Fsp3) is 0.571. The molecule has 102 valence electrons. The minimum absolute atomic E-state index is 0.0114. The van der Waals surface area contributed by atoms with E-state index in [1.807, 2.05) is 13.8 Å². The third-order valence-corrected chi connectivity index (χ3v) is 3.20. The second-order valence-electron chi connectivity index (χ2n) is 5.17. The van der Waals surface area contributed by atoms with Crippen molar-refractivity contribution in [1.29, 1.82) is 0 Å². The molecule has 0 spiro atoms. The van der Waals surface area contributed by atoms with E-state index in [-0.39, 0.29) is 18.3 Å². The molecule has 0 aliphatic heterocycles. The number of ether oxygens (including phenoxy) is 1. The number of aliphatic hydroxyl groups excluding tert-OH is 1. The fourth-order valence-corrected chi connectivity index (χ4v) is 1.28. The number of halogens is 1. The van der Waals surface area contributed by atoms with Crippen molar-refractivity contribution in [1.82, 2.24) is 0 Å². The molecule has 1 aromatic carbocycles. The second-order valence-corrected chi connectivity index (χ2v) is 5.17. The third kappa shape index (κ3) is 3.68. The van der Waals surface area contributed by atoms with Crippen LogP contribution in [0.1, 0.15) is 39.4 Å². The molecular weight excluding hydrogens is 235 g/mol. The number of aliphatic hydroxyl groups is 2. The topological polar surface area (TPSA) is 49.7 Å². The maximum atomic E-state index is 13.7. The van der Waals surface area contributed by atoms with E-state index in [9.17, 15) is 14.6 Å². The maximum absolute atomic E-state index is 13.7. The molecular formula is C14H21FO3. The normalized spacial score (nSPS) is 16.4. The summed E-state index contributed by atoms with van der Waals surface area (Å²) in [6.07, 6.45) is -0.715. The Morgan fingerprint density at radius 2 is 1.94 bits per heavy atom. The summed E-state index contributed by atoms with van der Waals surface area (Å²) in [6, 6.07) is 4.31. The molecule has 0 saturated heterocycles. The SMILES string of the molecule is CC(O)c1ccc(OCC(C)(O)C(C)C)c(F)c1. The van der Waals surface area contributed by atoms with Crippen LogP contribution in [0.5, 0.6) is 5.75 Å². The number of hydrogen-bond acceptors (Lipinski definition) is 3. The lowest BCUT2D eigenvalue weighted by atomic mass is 9.94. The van der Waals surface area contributed by atoms with Crippen LogP contribution in [-0.2, 0) is 0 Å². The Bertz CT molecular complexity index is 400. The molecule has 0 fully saturated rings. The fourth-order valence-electron chi connectivity index (χ4n) is 1.28. The Balaban J connectivity index is 2.75. The molecule has 2 unspecified atom stereocenters. The summed E-state index contributed by atoms with van der Waals surface area (Å²) in [4.78, 5) is 0. The smallest absolute Gasteiger partial charge is 0.165 e. The Morgan fingerprint density at radius 1 is 1.33 bits per heavy atom. The molecule has 0 amide bonds. The van der Waals surface area contributed by atoms with Crippen molar-refractivity contribution >= 4 is 0 Å². The van der Waals surface area contributed by atoms with Gasteiger partial charge in [0.2, 0.25) is 0 Å². The van der Waals surface area contributed by atoms with Gasteiger partial charge in [0.25, 0.3) is 0 Å². The van der Waals surface area contributed by atoms with E-state index in [0.717, 1.165) is 0 Å². The zero-order chi connectivity index (χ0) is 13.9. The first-order valence-corrected chi connectivity index (χ1v) is 6.06. The van der Waals surface area contributed by atoms with Crippen molar-refractivity contribution < 1.29 is 19.3 Å². The van der Waals surface area contributed by atoms with Crippen LogP contribution in [0.25, 0.3) is 0 Å². The van der Waals surface area contributed by atoms with Crippen LogP contribution in [0.4, 0.5) is 4.39 Å². The number of rotatable bonds is 5. The van der Waals surface area contributed by atoms with Crippen LogP contribution in [0.2, 0.25) is 0 Å². The summed E-state index contributed by atoms with van der Waals surface area (Å²) < 4.78 is 19.0. The minimum atomic E-state index is -1.00. The zero-order valence-corrected chi connectivity index (χ0v) is 11.3. The van der Waals surface area contributed by atoms with Gasteiger partial charge in [-0.1, -0.05) is 19.9 Å². The van der Waals surface area contributed by atoms with Gasteiger partial charge in [-0.25, -0.2) is 4.39 Å². The summed E-state index contributed by atoms with van der Waals surface area (Å²) in [6.45, 7) is 6.99. The highest BCUT2D eigenvalue weighted by molar-refractivity contribution is 5.30. The van der Waals surface area contributed by atoms with Crippen molar-refractivity contribution in [3.05, 3.63) is 29.6 Å². The Morgan fingerprint density at radius 3 is 2.39 bits per heavy atom. The molecule has 0 bridgehead atoms. The van der Waals surface area contributed by atoms with Gasteiger partial charge >= 0.3 is 0 Å². The van der Waals surface area contributed by atoms with Crippen molar-refractivity contribution in [2.45, 2.75) is 39.4 Å². The van der Waals surface area contributed by atoms with Crippen LogP contribution < -0.4 is 4.74 Å². The largest absolute Gasteiger partial charge is 0.488 e. The number of hydrogen-bond donors (Lipinski definition) is 2. The van der Waals surface area contributed by atoms with Gasteiger partial charge in [0.05, 0.1) is 11.7 Å². The zero-order valence-electron chi connectivity index (χ0n) is 11.3. The first-order chi connectivity index (χ1) is 8.24. The van der Waals surface area contributed by atoms with Crippen molar-refractivity contribution in [2.75, 3.05) is 6.61 Å². The molecule has 1 rings (SSSR count). The predicted octanol–water partition coefficient (Wildman–Crippen LogP) is 2.66. The van der Waals surface area contributed by atoms with Gasteiger partial charge in [-0.15, -0.1) is 0 Å². The van der Waals surface area contributed by atoms with Gasteiger partial charge in [0.1, 0.15) is 6.61 Å². The maximum Gasteiger partial charge on any atom is 0.165 e. The molecule has 1 aromatic rings. The van der Waals surface area contributed by atoms with Crippen LogP contribution in [0.3, 0.4) is 0 Å². The van der Waals surface area contributed by atoms with E-state index < -0.39 is 17.5 Å². The summed E-state index contributed by atoms with van der Waals surface area (Å²) in [5.74, 6) is -0.439. The van der Waals surface area contributed by atoms with Gasteiger partial charge in [-0.2, -0.15) is 0 Å². The highest BCUT2D eigenvalue weighted by Crippen LogP contribution is 2.24. The van der Waals surface area contributed by atoms with E-state index in [2.05, 4.69) is 0 Å². The minimum Gasteiger partial charge on any atom is -0.488 e. The third-order valence-electron chi connectivity index (χ3n) is 3.20. The van der Waals surface area contributed by atoms with Gasteiger partial charge in [0.15, 0.2) is 11.6 Å². The van der Waals surface area contributed by atoms with Crippen LogP contribution in [0.15, 0.2) is 18.2 Å². The second kappa shape index (κ2) is 5.67.